The van der Waals surface area contributed by atoms with E-state index in [1.165, 1.54) is 24.3 Å². The van der Waals surface area contributed by atoms with Crippen LogP contribution in [0.1, 0.15) is 38.2 Å². The number of benzene rings is 1. The lowest BCUT2D eigenvalue weighted by Gasteiger charge is -2.08. The summed E-state index contributed by atoms with van der Waals surface area (Å²) in [6.07, 6.45) is 5.38. The highest BCUT2D eigenvalue weighted by molar-refractivity contribution is 7.95. The van der Waals surface area contributed by atoms with Crippen LogP contribution in [-0.2, 0) is 19.9 Å². The first-order valence-corrected chi connectivity index (χ1v) is 9.96. The van der Waals surface area contributed by atoms with Crippen molar-refractivity contribution in [2.24, 2.45) is 0 Å². The van der Waals surface area contributed by atoms with E-state index in [0.29, 0.717) is 12.1 Å². The number of sulfonamides is 1. The van der Waals surface area contributed by atoms with Crippen LogP contribution in [0.25, 0.3) is 6.08 Å². The number of fused-ring (bicyclic) bond motifs is 1. The Hall–Kier alpha value is -1.18. The van der Waals surface area contributed by atoms with Gasteiger partial charge in [0.1, 0.15) is 0 Å². The Morgan fingerprint density at radius 3 is 2.62 bits per heavy atom. The summed E-state index contributed by atoms with van der Waals surface area (Å²) in [5, 5.41) is 1.09. The van der Waals surface area contributed by atoms with E-state index in [2.05, 4.69) is 11.6 Å². The van der Waals surface area contributed by atoms with E-state index in [-0.39, 0.29) is 9.79 Å². The van der Waals surface area contributed by atoms with Crippen molar-refractivity contribution >= 4 is 25.9 Å². The summed E-state index contributed by atoms with van der Waals surface area (Å²) in [5.74, 6) is 0. The van der Waals surface area contributed by atoms with Crippen LogP contribution in [0.4, 0.5) is 0 Å². The van der Waals surface area contributed by atoms with Gasteiger partial charge in [-0.2, -0.15) is 0 Å². The third-order valence-corrected chi connectivity index (χ3v) is 6.27. The second kappa shape index (κ2) is 6.29. The van der Waals surface area contributed by atoms with Gasteiger partial charge in [0.2, 0.25) is 10.0 Å². The Balaban J connectivity index is 2.12. The molecule has 0 amide bonds. The first-order chi connectivity index (χ1) is 9.87. The van der Waals surface area contributed by atoms with Crippen LogP contribution in [0.15, 0.2) is 33.4 Å². The summed E-state index contributed by atoms with van der Waals surface area (Å²) >= 11 is 0. The average molecular weight is 329 g/mol. The van der Waals surface area contributed by atoms with Gasteiger partial charge in [0, 0.05) is 12.0 Å². The summed E-state index contributed by atoms with van der Waals surface area (Å²) < 4.78 is 50.3. The highest BCUT2D eigenvalue weighted by Crippen LogP contribution is 2.28. The fourth-order valence-corrected chi connectivity index (χ4v) is 4.55. The number of rotatable bonds is 7. The summed E-state index contributed by atoms with van der Waals surface area (Å²) in [7, 11) is -7.16. The van der Waals surface area contributed by atoms with E-state index in [1.807, 2.05) is 0 Å². The molecule has 0 unspecified atom stereocenters. The fourth-order valence-electron chi connectivity index (χ4n) is 2.14. The van der Waals surface area contributed by atoms with Crippen molar-refractivity contribution < 1.29 is 16.8 Å². The van der Waals surface area contributed by atoms with E-state index in [9.17, 15) is 16.8 Å². The Labute approximate surface area is 126 Å². The van der Waals surface area contributed by atoms with Crippen molar-refractivity contribution in [1.29, 1.82) is 0 Å². The average Bonchev–Trinajstić information content (AvgIpc) is 2.74. The third-order valence-electron chi connectivity index (χ3n) is 3.35. The molecule has 7 heteroatoms. The van der Waals surface area contributed by atoms with Gasteiger partial charge in [0.05, 0.1) is 9.79 Å². The maximum Gasteiger partial charge on any atom is 0.240 e. The molecule has 1 aliphatic heterocycles. The zero-order valence-corrected chi connectivity index (χ0v) is 13.5. The molecule has 0 spiro atoms. The molecule has 0 fully saturated rings. The van der Waals surface area contributed by atoms with Crippen LogP contribution in [0.2, 0.25) is 0 Å². The van der Waals surface area contributed by atoms with Gasteiger partial charge in [0.15, 0.2) is 9.84 Å². The molecular formula is C14H19NO4S2. The molecule has 1 aromatic rings. The molecule has 2 rings (SSSR count). The molecule has 0 atom stereocenters. The first kappa shape index (κ1) is 16.2. The third kappa shape index (κ3) is 3.72. The first-order valence-electron chi connectivity index (χ1n) is 6.94. The van der Waals surface area contributed by atoms with Crippen LogP contribution >= 0.6 is 0 Å². The van der Waals surface area contributed by atoms with E-state index >= 15 is 0 Å². The second-order valence-corrected chi connectivity index (χ2v) is 8.57. The van der Waals surface area contributed by atoms with Crippen LogP contribution in [0.5, 0.6) is 0 Å². The Kier molecular flexibility index (Phi) is 4.85. The molecule has 1 N–H and O–H groups in total. The molecule has 0 aliphatic carbocycles. The minimum absolute atomic E-state index is 0.0102. The van der Waals surface area contributed by atoms with Gasteiger partial charge in [0.25, 0.3) is 0 Å². The van der Waals surface area contributed by atoms with E-state index in [4.69, 9.17) is 0 Å². The summed E-state index contributed by atoms with van der Waals surface area (Å²) in [4.78, 5) is 0.0420. The highest BCUT2D eigenvalue weighted by atomic mass is 32.2. The molecule has 5 nitrogen and oxygen atoms in total. The topological polar surface area (TPSA) is 80.3 Å². The highest BCUT2D eigenvalue weighted by Gasteiger charge is 2.24. The van der Waals surface area contributed by atoms with Gasteiger partial charge in [-0.25, -0.2) is 21.6 Å². The van der Waals surface area contributed by atoms with Crippen molar-refractivity contribution in [3.63, 3.8) is 0 Å². The maximum absolute atomic E-state index is 12.1. The van der Waals surface area contributed by atoms with Crippen molar-refractivity contribution in [2.45, 2.75) is 42.4 Å². The smallest absolute Gasteiger partial charge is 0.219 e. The molecular weight excluding hydrogens is 310 g/mol. The maximum atomic E-state index is 12.1. The standard InChI is InChI=1S/C14H19NO4S2/c1-2-3-4-5-9-15-21(18,19)13-7-6-12-8-10-20(16,17)14(12)11-13/h6-8,10-11,15H,2-5,9H2,1H3. The van der Waals surface area contributed by atoms with Gasteiger partial charge < -0.3 is 0 Å². The molecule has 1 aromatic carbocycles. The lowest BCUT2D eigenvalue weighted by Crippen LogP contribution is -2.25. The quantitative estimate of drug-likeness (QED) is 0.778. The van der Waals surface area contributed by atoms with E-state index < -0.39 is 19.9 Å². The summed E-state index contributed by atoms with van der Waals surface area (Å²) in [5.41, 5.74) is 0.525. The van der Waals surface area contributed by atoms with Crippen molar-refractivity contribution in [3.05, 3.63) is 29.2 Å². The molecule has 0 saturated carbocycles. The van der Waals surface area contributed by atoms with Crippen LogP contribution in [0, 0.1) is 0 Å². The minimum Gasteiger partial charge on any atom is -0.219 e. The molecule has 1 aliphatic rings. The van der Waals surface area contributed by atoms with Gasteiger partial charge in [-0.15, -0.1) is 0 Å². The molecule has 0 radical (unpaired) electrons. The van der Waals surface area contributed by atoms with E-state index in [1.54, 1.807) is 0 Å². The predicted molar refractivity (Wildman–Crippen MR) is 82.0 cm³/mol. The summed E-state index contributed by atoms with van der Waals surface area (Å²) in [6, 6.07) is 4.17. The van der Waals surface area contributed by atoms with Gasteiger partial charge in [-0.05, 0) is 30.2 Å². The Morgan fingerprint density at radius 2 is 1.90 bits per heavy atom. The molecule has 0 bridgehead atoms. The number of hydrogen-bond acceptors (Lipinski definition) is 4. The molecule has 21 heavy (non-hydrogen) atoms. The molecule has 116 valence electrons. The van der Waals surface area contributed by atoms with Gasteiger partial charge in [-0.1, -0.05) is 32.3 Å². The predicted octanol–water partition coefficient (Wildman–Crippen LogP) is 2.30. The lowest BCUT2D eigenvalue weighted by atomic mass is 10.2. The Bertz CT molecular complexity index is 749. The number of unbranched alkanes of at least 4 members (excludes halogenated alkanes) is 3. The van der Waals surface area contributed by atoms with Crippen molar-refractivity contribution in [1.82, 2.24) is 4.72 Å². The second-order valence-electron chi connectivity index (χ2n) is 5.01. The fraction of sp³-hybridized carbons (Fsp3) is 0.429. The normalized spacial score (nSPS) is 16.0. The van der Waals surface area contributed by atoms with Gasteiger partial charge in [-0.3, -0.25) is 0 Å². The van der Waals surface area contributed by atoms with Crippen molar-refractivity contribution in [3.8, 4) is 0 Å². The molecule has 1 heterocycles. The number of nitrogens with one attached hydrogen (secondary N) is 1. The number of sulfone groups is 1. The monoisotopic (exact) mass is 329 g/mol. The minimum atomic E-state index is -3.66. The lowest BCUT2D eigenvalue weighted by molar-refractivity contribution is 0.573. The zero-order chi connectivity index (χ0) is 15.5. The van der Waals surface area contributed by atoms with Crippen LogP contribution in [-0.4, -0.2) is 23.4 Å². The largest absolute Gasteiger partial charge is 0.240 e. The van der Waals surface area contributed by atoms with Crippen LogP contribution < -0.4 is 4.72 Å². The summed E-state index contributed by atoms with van der Waals surface area (Å²) in [6.45, 7) is 2.45. The van der Waals surface area contributed by atoms with Gasteiger partial charge >= 0.3 is 0 Å². The van der Waals surface area contributed by atoms with E-state index in [0.717, 1.165) is 31.1 Å². The Morgan fingerprint density at radius 1 is 1.14 bits per heavy atom. The number of hydrogen-bond donors (Lipinski definition) is 1. The molecule has 0 aromatic heterocycles. The van der Waals surface area contributed by atoms with Crippen LogP contribution in [0.3, 0.4) is 0 Å². The molecule has 0 saturated heterocycles. The van der Waals surface area contributed by atoms with Crippen molar-refractivity contribution in [2.75, 3.05) is 6.54 Å². The SMILES string of the molecule is CCCCCCNS(=O)(=O)c1ccc2c(c1)S(=O)(=O)C=C2. The zero-order valence-electron chi connectivity index (χ0n) is 11.9.